The maximum Gasteiger partial charge on any atom is 0.259 e. The van der Waals surface area contributed by atoms with E-state index in [4.69, 9.17) is 4.74 Å². The first-order valence-electron chi connectivity index (χ1n) is 9.70. The highest BCUT2D eigenvalue weighted by atomic mass is 16.5. The number of piperazine rings is 1. The SMILES string of the molecule is COc1ccccc1C(=O)Nc1ccc(N2CCN(c3ccccn3)CC2)cc1. The van der Waals surface area contributed by atoms with Crippen molar-refractivity contribution in [1.29, 1.82) is 0 Å². The van der Waals surface area contributed by atoms with Gasteiger partial charge in [-0.1, -0.05) is 18.2 Å². The van der Waals surface area contributed by atoms with Gasteiger partial charge in [-0.25, -0.2) is 4.98 Å². The molecule has 0 unspecified atom stereocenters. The Bertz CT molecular complexity index is 952. The van der Waals surface area contributed by atoms with Gasteiger partial charge < -0.3 is 19.9 Å². The quantitative estimate of drug-likeness (QED) is 0.723. The predicted molar refractivity (Wildman–Crippen MR) is 116 cm³/mol. The first-order valence-corrected chi connectivity index (χ1v) is 9.70. The van der Waals surface area contributed by atoms with Crippen LogP contribution in [0.1, 0.15) is 10.4 Å². The number of rotatable bonds is 5. The van der Waals surface area contributed by atoms with Crippen LogP contribution in [0.25, 0.3) is 0 Å². The van der Waals surface area contributed by atoms with Crippen LogP contribution < -0.4 is 19.9 Å². The molecule has 1 aliphatic rings. The lowest BCUT2D eigenvalue weighted by atomic mass is 10.1. The third kappa shape index (κ3) is 4.32. The fraction of sp³-hybridized carbons (Fsp3) is 0.217. The summed E-state index contributed by atoms with van der Waals surface area (Å²) in [5.74, 6) is 1.41. The van der Waals surface area contributed by atoms with Crippen LogP contribution in [-0.2, 0) is 0 Å². The summed E-state index contributed by atoms with van der Waals surface area (Å²) in [5.41, 5.74) is 2.43. The number of ether oxygens (including phenoxy) is 1. The van der Waals surface area contributed by atoms with Crippen LogP contribution in [0.3, 0.4) is 0 Å². The molecule has 0 aliphatic carbocycles. The molecule has 0 atom stereocenters. The van der Waals surface area contributed by atoms with E-state index in [2.05, 4.69) is 26.2 Å². The van der Waals surface area contributed by atoms with Crippen molar-refractivity contribution in [3.8, 4) is 5.75 Å². The van der Waals surface area contributed by atoms with E-state index in [0.717, 1.165) is 43.4 Å². The Morgan fingerprint density at radius 2 is 1.59 bits per heavy atom. The Hall–Kier alpha value is -3.54. The van der Waals surface area contributed by atoms with Gasteiger partial charge in [0.05, 0.1) is 12.7 Å². The van der Waals surface area contributed by atoms with Gasteiger partial charge in [0.25, 0.3) is 5.91 Å². The van der Waals surface area contributed by atoms with E-state index in [1.807, 2.05) is 54.7 Å². The second-order valence-electron chi connectivity index (χ2n) is 6.86. The lowest BCUT2D eigenvalue weighted by Crippen LogP contribution is -2.46. The molecule has 1 aliphatic heterocycles. The van der Waals surface area contributed by atoms with Crippen LogP contribution >= 0.6 is 0 Å². The van der Waals surface area contributed by atoms with Crippen LogP contribution in [-0.4, -0.2) is 44.2 Å². The van der Waals surface area contributed by atoms with Gasteiger partial charge in [-0.2, -0.15) is 0 Å². The highest BCUT2D eigenvalue weighted by Gasteiger charge is 2.18. The Balaban J connectivity index is 1.37. The summed E-state index contributed by atoms with van der Waals surface area (Å²) in [5, 5.41) is 2.94. The summed E-state index contributed by atoms with van der Waals surface area (Å²) in [4.78, 5) is 21.6. The molecule has 0 radical (unpaired) electrons. The van der Waals surface area contributed by atoms with E-state index in [-0.39, 0.29) is 5.91 Å². The van der Waals surface area contributed by atoms with Crippen molar-refractivity contribution in [2.24, 2.45) is 0 Å². The lowest BCUT2D eigenvalue weighted by Gasteiger charge is -2.36. The molecule has 2 heterocycles. The normalized spacial score (nSPS) is 13.8. The van der Waals surface area contributed by atoms with Crippen molar-refractivity contribution in [2.45, 2.75) is 0 Å². The molecule has 29 heavy (non-hydrogen) atoms. The number of hydrogen-bond donors (Lipinski definition) is 1. The average molecular weight is 388 g/mol. The standard InChI is InChI=1S/C23H24N4O2/c1-29-21-7-3-2-6-20(21)23(28)25-18-9-11-19(12-10-18)26-14-16-27(17-15-26)22-8-4-5-13-24-22/h2-13H,14-17H2,1H3,(H,25,28). The summed E-state index contributed by atoms with van der Waals surface area (Å²) in [6.07, 6.45) is 1.83. The van der Waals surface area contributed by atoms with Gasteiger partial charge in [0, 0.05) is 43.8 Å². The molecule has 1 N–H and O–H groups in total. The van der Waals surface area contributed by atoms with Gasteiger partial charge in [-0.05, 0) is 48.5 Å². The summed E-state index contributed by atoms with van der Waals surface area (Å²) in [7, 11) is 1.56. The number of benzene rings is 2. The first-order chi connectivity index (χ1) is 14.2. The Labute approximate surface area is 170 Å². The molecule has 6 nitrogen and oxygen atoms in total. The average Bonchev–Trinajstić information content (AvgIpc) is 2.80. The van der Waals surface area contributed by atoms with Crippen molar-refractivity contribution >= 4 is 23.1 Å². The molecule has 3 aromatic rings. The number of carbonyl (C=O) groups excluding carboxylic acids is 1. The molecule has 1 saturated heterocycles. The maximum atomic E-state index is 12.5. The second kappa shape index (κ2) is 8.65. The Kier molecular flexibility index (Phi) is 5.61. The highest BCUT2D eigenvalue weighted by molar-refractivity contribution is 6.06. The third-order valence-corrected chi connectivity index (χ3v) is 5.09. The number of hydrogen-bond acceptors (Lipinski definition) is 5. The Morgan fingerprint density at radius 3 is 2.28 bits per heavy atom. The molecule has 0 spiro atoms. The minimum Gasteiger partial charge on any atom is -0.496 e. The maximum absolute atomic E-state index is 12.5. The Morgan fingerprint density at radius 1 is 0.897 bits per heavy atom. The van der Waals surface area contributed by atoms with E-state index in [9.17, 15) is 4.79 Å². The summed E-state index contributed by atoms with van der Waals surface area (Å²) < 4.78 is 5.27. The zero-order chi connectivity index (χ0) is 20.1. The van der Waals surface area contributed by atoms with Gasteiger partial charge in [0.1, 0.15) is 11.6 Å². The van der Waals surface area contributed by atoms with Crippen molar-refractivity contribution in [1.82, 2.24) is 4.98 Å². The second-order valence-corrected chi connectivity index (χ2v) is 6.86. The molecule has 4 rings (SSSR count). The molecule has 1 amide bonds. The van der Waals surface area contributed by atoms with Crippen molar-refractivity contribution in [3.63, 3.8) is 0 Å². The summed E-state index contributed by atoms with van der Waals surface area (Å²) >= 11 is 0. The van der Waals surface area contributed by atoms with Gasteiger partial charge in [-0.15, -0.1) is 0 Å². The van der Waals surface area contributed by atoms with Gasteiger partial charge in [0.15, 0.2) is 0 Å². The van der Waals surface area contributed by atoms with Gasteiger partial charge >= 0.3 is 0 Å². The monoisotopic (exact) mass is 388 g/mol. The van der Waals surface area contributed by atoms with Crippen LogP contribution in [0.4, 0.5) is 17.2 Å². The molecule has 1 aromatic heterocycles. The van der Waals surface area contributed by atoms with Crippen LogP contribution in [0.2, 0.25) is 0 Å². The number of amides is 1. The van der Waals surface area contributed by atoms with Crippen molar-refractivity contribution in [2.75, 3.05) is 48.4 Å². The number of para-hydroxylation sites is 1. The molecule has 148 valence electrons. The van der Waals surface area contributed by atoms with E-state index < -0.39 is 0 Å². The molecule has 2 aromatic carbocycles. The van der Waals surface area contributed by atoms with E-state index in [1.165, 1.54) is 0 Å². The number of aromatic nitrogens is 1. The number of anilines is 3. The smallest absolute Gasteiger partial charge is 0.259 e. The van der Waals surface area contributed by atoms with Crippen LogP contribution in [0.15, 0.2) is 72.9 Å². The molecular formula is C23H24N4O2. The summed E-state index contributed by atoms with van der Waals surface area (Å²) in [6.45, 7) is 3.74. The number of methoxy groups -OCH3 is 1. The predicted octanol–water partition coefficient (Wildman–Crippen LogP) is 3.67. The zero-order valence-electron chi connectivity index (χ0n) is 16.4. The van der Waals surface area contributed by atoms with Crippen molar-refractivity contribution < 1.29 is 9.53 Å². The van der Waals surface area contributed by atoms with Gasteiger partial charge in [-0.3, -0.25) is 4.79 Å². The van der Waals surface area contributed by atoms with Crippen LogP contribution in [0, 0.1) is 0 Å². The molecule has 1 fully saturated rings. The minimum atomic E-state index is -0.181. The summed E-state index contributed by atoms with van der Waals surface area (Å²) in [6, 6.07) is 21.2. The fourth-order valence-electron chi connectivity index (χ4n) is 3.52. The lowest BCUT2D eigenvalue weighted by molar-refractivity contribution is 0.102. The molecule has 0 saturated carbocycles. The molecular weight excluding hydrogens is 364 g/mol. The van der Waals surface area contributed by atoms with E-state index in [1.54, 1.807) is 19.2 Å². The van der Waals surface area contributed by atoms with E-state index >= 15 is 0 Å². The molecule has 0 bridgehead atoms. The minimum absolute atomic E-state index is 0.181. The zero-order valence-corrected chi connectivity index (χ0v) is 16.4. The van der Waals surface area contributed by atoms with Crippen molar-refractivity contribution in [3.05, 3.63) is 78.5 Å². The number of nitrogens with zero attached hydrogens (tertiary/aromatic N) is 3. The first kappa shape index (κ1) is 18.8. The van der Waals surface area contributed by atoms with Crippen LogP contribution in [0.5, 0.6) is 5.75 Å². The van der Waals surface area contributed by atoms with Gasteiger partial charge in [0.2, 0.25) is 0 Å². The number of carbonyl (C=O) groups is 1. The number of nitrogens with one attached hydrogen (secondary N) is 1. The highest BCUT2D eigenvalue weighted by Crippen LogP contribution is 2.23. The molecule has 6 heteroatoms. The third-order valence-electron chi connectivity index (χ3n) is 5.09. The topological polar surface area (TPSA) is 57.7 Å². The van der Waals surface area contributed by atoms with E-state index in [0.29, 0.717) is 11.3 Å². The number of pyridine rings is 1. The fourth-order valence-corrected chi connectivity index (χ4v) is 3.52. The largest absolute Gasteiger partial charge is 0.496 e.